The molecule has 8 heteroatoms. The molecule has 0 bridgehead atoms. The van der Waals surface area contributed by atoms with Crippen LogP contribution < -0.4 is 4.90 Å². The van der Waals surface area contributed by atoms with Crippen LogP contribution in [-0.4, -0.2) is 55.6 Å². The molecule has 2 aromatic rings. The van der Waals surface area contributed by atoms with Crippen LogP contribution >= 0.6 is 11.6 Å². The number of aliphatic imine (C=N–C) groups is 1. The van der Waals surface area contributed by atoms with Crippen molar-refractivity contribution in [3.05, 3.63) is 64.4 Å². The lowest BCUT2D eigenvalue weighted by atomic mass is 9.99. The van der Waals surface area contributed by atoms with Gasteiger partial charge < -0.3 is 14.6 Å². The van der Waals surface area contributed by atoms with Crippen molar-refractivity contribution in [2.45, 2.75) is 6.04 Å². The van der Waals surface area contributed by atoms with E-state index >= 15 is 0 Å². The second-order valence-corrected chi connectivity index (χ2v) is 7.19. The van der Waals surface area contributed by atoms with E-state index in [0.717, 1.165) is 5.69 Å². The van der Waals surface area contributed by atoms with E-state index in [1.807, 2.05) is 11.0 Å². The second kappa shape index (κ2) is 7.24. The lowest BCUT2D eigenvalue weighted by molar-refractivity contribution is -0.122. The molecule has 0 saturated heterocycles. The largest absolute Gasteiger partial charge is 0.373 e. The van der Waals surface area contributed by atoms with E-state index in [2.05, 4.69) is 10.1 Å². The molecule has 1 amide bonds. The summed E-state index contributed by atoms with van der Waals surface area (Å²) in [5, 5.41) is 4.51. The first kappa shape index (κ1) is 18.4. The minimum absolute atomic E-state index is 0.156. The molecular weight excluding hydrogens is 383 g/mol. The third-order valence-corrected chi connectivity index (χ3v) is 4.99. The zero-order valence-electron chi connectivity index (χ0n) is 15.4. The molecule has 6 nitrogen and oxygen atoms in total. The van der Waals surface area contributed by atoms with Crippen molar-refractivity contribution in [2.24, 2.45) is 10.1 Å². The van der Waals surface area contributed by atoms with E-state index in [9.17, 15) is 9.18 Å². The first-order valence-corrected chi connectivity index (χ1v) is 9.12. The third-order valence-electron chi connectivity index (χ3n) is 4.75. The standard InChI is InChI=1S/C20H18ClFN4O2/c1-25(2)20(27)19-17-10-23-18(13-5-3-4-6-15(13)22)14-9-12(21)7-8-16(14)26(17)11-28-24-19/h3-9,17H,10-11H2,1-2H3. The van der Waals surface area contributed by atoms with Crippen LogP contribution in [-0.2, 0) is 9.63 Å². The average Bonchev–Trinajstić information content (AvgIpc) is 2.84. The number of carbonyl (C=O) groups excluding carboxylic acids is 1. The molecule has 1 atom stereocenters. The molecule has 4 rings (SSSR count). The number of benzene rings is 2. The van der Waals surface area contributed by atoms with Crippen LogP contribution in [0.25, 0.3) is 0 Å². The zero-order chi connectivity index (χ0) is 19.8. The van der Waals surface area contributed by atoms with Crippen LogP contribution in [0.5, 0.6) is 0 Å². The van der Waals surface area contributed by atoms with Crippen LogP contribution in [0.15, 0.2) is 52.6 Å². The van der Waals surface area contributed by atoms with Crippen molar-refractivity contribution in [2.75, 3.05) is 32.3 Å². The van der Waals surface area contributed by atoms with Crippen LogP contribution in [0, 0.1) is 5.82 Å². The van der Waals surface area contributed by atoms with Crippen molar-refractivity contribution in [1.29, 1.82) is 0 Å². The molecule has 144 valence electrons. The number of rotatable bonds is 2. The number of halogens is 2. The fourth-order valence-electron chi connectivity index (χ4n) is 3.39. The van der Waals surface area contributed by atoms with E-state index in [-0.39, 0.29) is 30.7 Å². The van der Waals surface area contributed by atoms with Gasteiger partial charge in [0.25, 0.3) is 5.91 Å². The quantitative estimate of drug-likeness (QED) is 0.778. The molecule has 2 aromatic carbocycles. The SMILES string of the molecule is CN(C)C(=O)C1=NOCN2c3ccc(Cl)cc3C(c3ccccc3F)=NCC12. The van der Waals surface area contributed by atoms with Gasteiger partial charge >= 0.3 is 0 Å². The molecule has 0 radical (unpaired) electrons. The maximum atomic E-state index is 14.5. The fraction of sp³-hybridized carbons (Fsp3) is 0.250. The summed E-state index contributed by atoms with van der Waals surface area (Å²) in [7, 11) is 3.31. The summed E-state index contributed by atoms with van der Waals surface area (Å²) in [5.41, 5.74) is 2.57. The Hall–Kier alpha value is -2.93. The fourth-order valence-corrected chi connectivity index (χ4v) is 3.56. The number of fused-ring (bicyclic) bond motifs is 3. The van der Waals surface area contributed by atoms with E-state index in [1.165, 1.54) is 11.0 Å². The number of oxime groups is 1. The van der Waals surface area contributed by atoms with Crippen molar-refractivity contribution < 1.29 is 14.0 Å². The van der Waals surface area contributed by atoms with Crippen LogP contribution in [0.3, 0.4) is 0 Å². The maximum absolute atomic E-state index is 14.5. The molecule has 0 aliphatic carbocycles. The van der Waals surface area contributed by atoms with Gasteiger partial charge in [-0.15, -0.1) is 0 Å². The Balaban J connectivity index is 1.88. The van der Waals surface area contributed by atoms with Gasteiger partial charge in [-0.3, -0.25) is 9.79 Å². The Bertz CT molecular complexity index is 1010. The monoisotopic (exact) mass is 400 g/mol. The lowest BCUT2D eigenvalue weighted by Crippen LogP contribution is -2.52. The summed E-state index contributed by atoms with van der Waals surface area (Å²) in [6, 6.07) is 11.4. The van der Waals surface area contributed by atoms with Crippen LogP contribution in [0.1, 0.15) is 11.1 Å². The Morgan fingerprint density at radius 2 is 2.04 bits per heavy atom. The Morgan fingerprint density at radius 1 is 1.25 bits per heavy atom. The minimum Gasteiger partial charge on any atom is -0.373 e. The van der Waals surface area contributed by atoms with Crippen LogP contribution in [0.4, 0.5) is 10.1 Å². The molecule has 2 aliphatic rings. The Labute approximate surface area is 166 Å². The van der Waals surface area contributed by atoms with Crippen molar-refractivity contribution in [1.82, 2.24) is 4.90 Å². The predicted octanol–water partition coefficient (Wildman–Crippen LogP) is 2.94. The molecule has 0 spiro atoms. The normalized spacial score (nSPS) is 18.1. The number of hydrogen-bond acceptors (Lipinski definition) is 5. The highest BCUT2D eigenvalue weighted by atomic mass is 35.5. The van der Waals surface area contributed by atoms with Gasteiger partial charge in [0.15, 0.2) is 12.4 Å². The highest BCUT2D eigenvalue weighted by Gasteiger charge is 2.37. The summed E-state index contributed by atoms with van der Waals surface area (Å²) < 4.78 is 14.5. The molecular formula is C20H18ClFN4O2. The third kappa shape index (κ3) is 3.11. The van der Waals surface area contributed by atoms with Crippen molar-refractivity contribution >= 4 is 34.6 Å². The number of anilines is 1. The number of nitrogens with zero attached hydrogens (tertiary/aromatic N) is 4. The number of carbonyl (C=O) groups is 1. The molecule has 0 aromatic heterocycles. The number of hydrogen-bond donors (Lipinski definition) is 0. The minimum atomic E-state index is -0.423. The van der Waals surface area contributed by atoms with E-state index < -0.39 is 6.04 Å². The highest BCUT2D eigenvalue weighted by molar-refractivity contribution is 6.41. The van der Waals surface area contributed by atoms with Gasteiger partial charge in [0, 0.05) is 35.9 Å². The summed E-state index contributed by atoms with van der Waals surface area (Å²) in [4.78, 5) is 26.0. The van der Waals surface area contributed by atoms with E-state index in [0.29, 0.717) is 21.9 Å². The van der Waals surface area contributed by atoms with Crippen molar-refractivity contribution in [3.8, 4) is 0 Å². The van der Waals surface area contributed by atoms with Gasteiger partial charge in [0.2, 0.25) is 0 Å². The predicted molar refractivity (Wildman–Crippen MR) is 107 cm³/mol. The molecule has 2 heterocycles. The average molecular weight is 401 g/mol. The lowest BCUT2D eigenvalue weighted by Gasteiger charge is -2.35. The van der Waals surface area contributed by atoms with E-state index in [4.69, 9.17) is 16.4 Å². The van der Waals surface area contributed by atoms with Crippen LogP contribution in [0.2, 0.25) is 5.02 Å². The Kier molecular flexibility index (Phi) is 4.77. The maximum Gasteiger partial charge on any atom is 0.273 e. The molecule has 2 aliphatic heterocycles. The molecule has 1 unspecified atom stereocenters. The molecule has 0 saturated carbocycles. The van der Waals surface area contributed by atoms with Crippen molar-refractivity contribution in [3.63, 3.8) is 0 Å². The van der Waals surface area contributed by atoms with Gasteiger partial charge in [-0.1, -0.05) is 28.9 Å². The molecule has 28 heavy (non-hydrogen) atoms. The molecule has 0 N–H and O–H groups in total. The molecule has 0 fully saturated rings. The topological polar surface area (TPSA) is 57.5 Å². The zero-order valence-corrected chi connectivity index (χ0v) is 16.2. The summed E-state index contributed by atoms with van der Waals surface area (Å²) in [6.07, 6.45) is 0. The Morgan fingerprint density at radius 3 is 2.79 bits per heavy atom. The first-order chi connectivity index (χ1) is 13.5. The summed E-state index contributed by atoms with van der Waals surface area (Å²) in [5.74, 6) is -0.628. The van der Waals surface area contributed by atoms with Gasteiger partial charge in [-0.25, -0.2) is 4.39 Å². The van der Waals surface area contributed by atoms with Gasteiger partial charge in [0.1, 0.15) is 11.9 Å². The second-order valence-electron chi connectivity index (χ2n) is 6.75. The van der Waals surface area contributed by atoms with Gasteiger partial charge in [-0.2, -0.15) is 0 Å². The highest BCUT2D eigenvalue weighted by Crippen LogP contribution is 2.33. The van der Waals surface area contributed by atoms with E-state index in [1.54, 1.807) is 44.4 Å². The smallest absolute Gasteiger partial charge is 0.273 e. The summed E-state index contributed by atoms with van der Waals surface area (Å²) in [6.45, 7) is 0.390. The first-order valence-electron chi connectivity index (χ1n) is 8.75. The van der Waals surface area contributed by atoms with Gasteiger partial charge in [-0.05, 0) is 30.3 Å². The van der Waals surface area contributed by atoms with Gasteiger partial charge in [0.05, 0.1) is 12.3 Å². The number of amides is 1. The summed E-state index contributed by atoms with van der Waals surface area (Å²) >= 11 is 6.24.